The van der Waals surface area contributed by atoms with E-state index < -0.39 is 34.1 Å². The SMILES string of the molecule is CC(=O)[C@@]1(O)[C@H](C)CC2C3CCC4=CC(=O)C=C[C@]4(C)[C@@]3(F)[C@@H](O)C[C@@]21C. The zero-order valence-electron chi connectivity index (χ0n) is 16.5. The summed E-state index contributed by atoms with van der Waals surface area (Å²) in [7, 11) is 0. The summed E-state index contributed by atoms with van der Waals surface area (Å²) in [5.74, 6) is -1.39. The number of carbonyl (C=O) groups is 2. The highest BCUT2D eigenvalue weighted by atomic mass is 19.1. The van der Waals surface area contributed by atoms with E-state index in [4.69, 9.17) is 0 Å². The molecule has 5 heteroatoms. The van der Waals surface area contributed by atoms with Crippen molar-refractivity contribution in [3.63, 3.8) is 0 Å². The first-order chi connectivity index (χ1) is 12.4. The number of allylic oxidation sites excluding steroid dienone is 4. The van der Waals surface area contributed by atoms with Gasteiger partial charge in [0.05, 0.1) is 6.10 Å². The van der Waals surface area contributed by atoms with Gasteiger partial charge in [-0.2, -0.15) is 0 Å². The highest BCUT2D eigenvalue weighted by molar-refractivity contribution is 6.01. The minimum Gasteiger partial charge on any atom is -0.390 e. The molecule has 4 rings (SSSR count). The van der Waals surface area contributed by atoms with E-state index in [0.717, 1.165) is 5.57 Å². The first-order valence-corrected chi connectivity index (χ1v) is 9.97. The summed E-state index contributed by atoms with van der Waals surface area (Å²) in [6.45, 7) is 6.87. The molecule has 0 amide bonds. The van der Waals surface area contributed by atoms with Crippen LogP contribution in [0.25, 0.3) is 0 Å². The maximum atomic E-state index is 16.8. The van der Waals surface area contributed by atoms with Gasteiger partial charge in [-0.1, -0.05) is 25.5 Å². The van der Waals surface area contributed by atoms with Crippen molar-refractivity contribution in [2.24, 2.45) is 28.6 Å². The normalized spacial score (nSPS) is 54.0. The lowest BCUT2D eigenvalue weighted by molar-refractivity contribution is -0.218. The fraction of sp³-hybridized carbons (Fsp3) is 0.727. The number of hydrogen-bond donors (Lipinski definition) is 2. The predicted octanol–water partition coefficient (Wildman–Crippen LogP) is 2.92. The smallest absolute Gasteiger partial charge is 0.178 e. The largest absolute Gasteiger partial charge is 0.390 e. The lowest BCUT2D eigenvalue weighted by Gasteiger charge is -2.62. The lowest BCUT2D eigenvalue weighted by Crippen LogP contribution is -2.69. The first-order valence-electron chi connectivity index (χ1n) is 9.97. The number of carbonyl (C=O) groups excluding carboxylic acids is 2. The Morgan fingerprint density at radius 3 is 2.59 bits per heavy atom. The van der Waals surface area contributed by atoms with Gasteiger partial charge < -0.3 is 10.2 Å². The van der Waals surface area contributed by atoms with Gasteiger partial charge in [-0.05, 0) is 63.5 Å². The Morgan fingerprint density at radius 2 is 1.96 bits per heavy atom. The Kier molecular flexibility index (Phi) is 3.79. The molecule has 2 N–H and O–H groups in total. The molecule has 0 aliphatic heterocycles. The Labute approximate surface area is 159 Å². The summed E-state index contributed by atoms with van der Waals surface area (Å²) in [6.07, 6.45) is 4.93. The Morgan fingerprint density at radius 1 is 1.30 bits per heavy atom. The van der Waals surface area contributed by atoms with Crippen molar-refractivity contribution in [2.75, 3.05) is 0 Å². The van der Waals surface area contributed by atoms with Crippen LogP contribution in [0.1, 0.15) is 53.4 Å². The summed E-state index contributed by atoms with van der Waals surface area (Å²) >= 11 is 0. The predicted molar refractivity (Wildman–Crippen MR) is 98.5 cm³/mol. The zero-order valence-corrected chi connectivity index (χ0v) is 16.5. The van der Waals surface area contributed by atoms with Crippen LogP contribution >= 0.6 is 0 Å². The number of rotatable bonds is 1. The number of alkyl halides is 1. The van der Waals surface area contributed by atoms with Crippen LogP contribution in [0.4, 0.5) is 4.39 Å². The molecule has 0 bridgehead atoms. The van der Waals surface area contributed by atoms with Gasteiger partial charge in [0.25, 0.3) is 0 Å². The molecule has 2 unspecified atom stereocenters. The van der Waals surface area contributed by atoms with Gasteiger partial charge in [-0.25, -0.2) is 4.39 Å². The van der Waals surface area contributed by atoms with Crippen LogP contribution in [0.15, 0.2) is 23.8 Å². The monoisotopic (exact) mass is 376 g/mol. The third-order valence-corrected chi connectivity index (χ3v) is 8.76. The van der Waals surface area contributed by atoms with Crippen molar-refractivity contribution in [3.8, 4) is 0 Å². The molecule has 0 spiro atoms. The van der Waals surface area contributed by atoms with Gasteiger partial charge in [0.2, 0.25) is 0 Å². The maximum Gasteiger partial charge on any atom is 0.178 e. The molecule has 0 aromatic heterocycles. The molecule has 0 saturated heterocycles. The number of halogens is 1. The van der Waals surface area contributed by atoms with Crippen molar-refractivity contribution in [1.29, 1.82) is 0 Å². The maximum absolute atomic E-state index is 16.8. The molecule has 3 fully saturated rings. The number of aliphatic hydroxyl groups excluding tert-OH is 1. The van der Waals surface area contributed by atoms with Crippen LogP contribution in [0.5, 0.6) is 0 Å². The fourth-order valence-electron chi connectivity index (χ4n) is 7.30. The van der Waals surface area contributed by atoms with E-state index >= 15 is 4.39 Å². The van der Waals surface area contributed by atoms with Gasteiger partial charge >= 0.3 is 0 Å². The molecular formula is C22H29FO4. The average molecular weight is 376 g/mol. The van der Waals surface area contributed by atoms with Gasteiger partial charge in [0.15, 0.2) is 17.2 Å². The van der Waals surface area contributed by atoms with Gasteiger partial charge in [-0.15, -0.1) is 0 Å². The summed E-state index contributed by atoms with van der Waals surface area (Å²) < 4.78 is 16.8. The molecular weight excluding hydrogens is 347 g/mol. The van der Waals surface area contributed by atoms with Crippen molar-refractivity contribution in [3.05, 3.63) is 23.8 Å². The van der Waals surface area contributed by atoms with E-state index in [1.807, 2.05) is 13.8 Å². The van der Waals surface area contributed by atoms with E-state index in [0.29, 0.717) is 19.3 Å². The first kappa shape index (κ1) is 19.0. The van der Waals surface area contributed by atoms with Crippen molar-refractivity contribution in [2.45, 2.75) is 70.8 Å². The highest BCUT2D eigenvalue weighted by Gasteiger charge is 2.75. The summed E-state index contributed by atoms with van der Waals surface area (Å²) in [6, 6.07) is 0. The van der Waals surface area contributed by atoms with Crippen molar-refractivity contribution < 1.29 is 24.2 Å². The second kappa shape index (κ2) is 5.38. The van der Waals surface area contributed by atoms with Gasteiger partial charge in [-0.3, -0.25) is 9.59 Å². The Balaban J connectivity index is 1.85. The molecule has 4 aliphatic carbocycles. The summed E-state index contributed by atoms with van der Waals surface area (Å²) in [4.78, 5) is 24.3. The Bertz CT molecular complexity index is 787. The van der Waals surface area contributed by atoms with E-state index in [2.05, 4.69) is 0 Å². The van der Waals surface area contributed by atoms with Crippen LogP contribution in [-0.4, -0.2) is 39.2 Å². The second-order valence-corrected chi connectivity index (χ2v) is 9.72. The fourth-order valence-corrected chi connectivity index (χ4v) is 7.30. The summed E-state index contributed by atoms with van der Waals surface area (Å²) in [5, 5.41) is 22.5. The average Bonchev–Trinajstić information content (AvgIpc) is 2.79. The minimum absolute atomic E-state index is 0.0374. The number of Topliss-reactive ketones (excluding diaryl/α,β-unsaturated/α-hetero) is 1. The van der Waals surface area contributed by atoms with Crippen LogP contribution in [-0.2, 0) is 9.59 Å². The number of aliphatic hydroxyl groups is 2. The number of ketones is 2. The van der Waals surface area contributed by atoms with Crippen LogP contribution < -0.4 is 0 Å². The van der Waals surface area contributed by atoms with Crippen molar-refractivity contribution >= 4 is 11.6 Å². The van der Waals surface area contributed by atoms with Crippen molar-refractivity contribution in [1.82, 2.24) is 0 Å². The molecule has 0 heterocycles. The van der Waals surface area contributed by atoms with E-state index in [-0.39, 0.29) is 29.8 Å². The standard InChI is InChI=1S/C22H29FO4/c1-12-9-17-16-6-5-14-10-15(25)7-8-19(14,3)21(16,23)18(26)11-20(17,4)22(12,27)13(2)24/h7-8,10,12,16-18,26-27H,5-6,9,11H2,1-4H3/t12-,16?,17?,18+,19+,20+,21+,22+/m1/s1. The van der Waals surface area contributed by atoms with E-state index in [1.54, 1.807) is 13.0 Å². The molecule has 4 aliphatic rings. The number of fused-ring (bicyclic) bond motifs is 5. The van der Waals surface area contributed by atoms with Crippen LogP contribution in [0.2, 0.25) is 0 Å². The molecule has 148 valence electrons. The zero-order chi connectivity index (χ0) is 20.0. The second-order valence-electron chi connectivity index (χ2n) is 9.72. The molecule has 27 heavy (non-hydrogen) atoms. The molecule has 4 nitrogen and oxygen atoms in total. The van der Waals surface area contributed by atoms with E-state index in [1.165, 1.54) is 19.1 Å². The highest BCUT2D eigenvalue weighted by Crippen LogP contribution is 2.70. The molecule has 3 saturated carbocycles. The number of hydrogen-bond acceptors (Lipinski definition) is 4. The van der Waals surface area contributed by atoms with Crippen LogP contribution in [0, 0.1) is 28.6 Å². The molecule has 8 atom stereocenters. The Hall–Kier alpha value is -1.33. The molecule has 0 aromatic rings. The summed E-state index contributed by atoms with van der Waals surface area (Å²) in [5.41, 5.74) is -4.62. The minimum atomic E-state index is -1.92. The van der Waals surface area contributed by atoms with E-state index in [9.17, 15) is 19.8 Å². The van der Waals surface area contributed by atoms with Gasteiger partial charge in [0, 0.05) is 16.7 Å². The third kappa shape index (κ3) is 1.95. The molecule has 0 aromatic carbocycles. The third-order valence-electron chi connectivity index (χ3n) is 8.76. The quantitative estimate of drug-likeness (QED) is 0.738. The van der Waals surface area contributed by atoms with Gasteiger partial charge in [0.1, 0.15) is 5.60 Å². The topological polar surface area (TPSA) is 74.6 Å². The lowest BCUT2D eigenvalue weighted by atomic mass is 9.44. The molecule has 0 radical (unpaired) electrons. The van der Waals surface area contributed by atoms with Crippen LogP contribution in [0.3, 0.4) is 0 Å².